The van der Waals surface area contributed by atoms with Crippen LogP contribution in [0.15, 0.2) is 36.8 Å². The van der Waals surface area contributed by atoms with Gasteiger partial charge in [-0.2, -0.15) is 5.10 Å². The fraction of sp³-hybridized carbons (Fsp3) is 0.438. The molecule has 0 saturated heterocycles. The number of amides is 1. The van der Waals surface area contributed by atoms with Crippen molar-refractivity contribution in [1.82, 2.24) is 19.7 Å². The Morgan fingerprint density at radius 1 is 1.43 bits per heavy atom. The minimum atomic E-state index is -0.0856. The SMILES string of the molecule is CN(CCn1cccn1)C(=O)C1CCCc2cccnc21. The van der Waals surface area contributed by atoms with E-state index in [1.54, 1.807) is 17.3 Å². The van der Waals surface area contributed by atoms with Gasteiger partial charge in [0.15, 0.2) is 0 Å². The van der Waals surface area contributed by atoms with Gasteiger partial charge >= 0.3 is 0 Å². The van der Waals surface area contributed by atoms with Gasteiger partial charge in [0.2, 0.25) is 5.91 Å². The van der Waals surface area contributed by atoms with E-state index in [0.29, 0.717) is 6.54 Å². The average Bonchev–Trinajstić information content (AvgIpc) is 3.05. The molecule has 2 aromatic rings. The van der Waals surface area contributed by atoms with Gasteiger partial charge in [0.25, 0.3) is 0 Å². The van der Waals surface area contributed by atoms with Crippen molar-refractivity contribution in [2.24, 2.45) is 0 Å². The maximum absolute atomic E-state index is 12.7. The molecule has 1 amide bonds. The lowest BCUT2D eigenvalue weighted by molar-refractivity contribution is -0.132. The fourth-order valence-electron chi connectivity index (χ4n) is 2.91. The standard InChI is InChI=1S/C16H20N4O/c1-19(11-12-20-10-4-9-18-20)16(21)14-7-2-5-13-6-3-8-17-15(13)14/h3-4,6,8-10,14H,2,5,7,11-12H2,1H3. The van der Waals surface area contributed by atoms with Gasteiger partial charge in [-0.05, 0) is 37.0 Å². The van der Waals surface area contributed by atoms with Crippen molar-refractivity contribution in [2.75, 3.05) is 13.6 Å². The van der Waals surface area contributed by atoms with Gasteiger partial charge in [-0.1, -0.05) is 6.07 Å². The van der Waals surface area contributed by atoms with Crippen molar-refractivity contribution in [3.63, 3.8) is 0 Å². The van der Waals surface area contributed by atoms with E-state index in [9.17, 15) is 4.79 Å². The zero-order chi connectivity index (χ0) is 14.7. The third kappa shape index (κ3) is 2.96. The Morgan fingerprint density at radius 3 is 3.14 bits per heavy atom. The van der Waals surface area contributed by atoms with E-state index in [4.69, 9.17) is 0 Å². The first-order chi connectivity index (χ1) is 10.3. The third-order valence-electron chi connectivity index (χ3n) is 4.09. The van der Waals surface area contributed by atoms with Gasteiger partial charge in [-0.3, -0.25) is 14.5 Å². The number of hydrogen-bond acceptors (Lipinski definition) is 3. The van der Waals surface area contributed by atoms with Crippen LogP contribution in [0.1, 0.15) is 30.0 Å². The summed E-state index contributed by atoms with van der Waals surface area (Å²) in [7, 11) is 1.86. The van der Waals surface area contributed by atoms with Gasteiger partial charge in [0, 0.05) is 32.2 Å². The number of nitrogens with zero attached hydrogens (tertiary/aromatic N) is 4. The average molecular weight is 284 g/mol. The normalized spacial score (nSPS) is 17.3. The summed E-state index contributed by atoms with van der Waals surface area (Å²) in [4.78, 5) is 18.9. The van der Waals surface area contributed by atoms with Crippen LogP contribution in [0.3, 0.4) is 0 Å². The lowest BCUT2D eigenvalue weighted by Crippen LogP contribution is -2.36. The zero-order valence-electron chi connectivity index (χ0n) is 12.3. The molecule has 0 spiro atoms. The van der Waals surface area contributed by atoms with E-state index in [1.807, 2.05) is 30.1 Å². The molecule has 21 heavy (non-hydrogen) atoms. The second-order valence-electron chi connectivity index (χ2n) is 5.52. The molecule has 5 nitrogen and oxygen atoms in total. The summed E-state index contributed by atoms with van der Waals surface area (Å²) < 4.78 is 1.84. The molecule has 0 fully saturated rings. The maximum atomic E-state index is 12.7. The molecule has 0 saturated carbocycles. The number of aromatic nitrogens is 3. The zero-order valence-corrected chi connectivity index (χ0v) is 12.3. The molecule has 1 aliphatic rings. The summed E-state index contributed by atoms with van der Waals surface area (Å²) in [5.74, 6) is 0.0828. The third-order valence-corrected chi connectivity index (χ3v) is 4.09. The molecule has 0 N–H and O–H groups in total. The molecule has 1 unspecified atom stereocenters. The van der Waals surface area contributed by atoms with Crippen LogP contribution in [0.2, 0.25) is 0 Å². The number of carbonyl (C=O) groups is 1. The molecule has 110 valence electrons. The quantitative estimate of drug-likeness (QED) is 0.861. The van der Waals surface area contributed by atoms with Crippen LogP contribution in [0.25, 0.3) is 0 Å². The van der Waals surface area contributed by atoms with Crippen LogP contribution in [-0.2, 0) is 17.8 Å². The number of fused-ring (bicyclic) bond motifs is 1. The Morgan fingerprint density at radius 2 is 2.33 bits per heavy atom. The van der Waals surface area contributed by atoms with Crippen molar-refractivity contribution < 1.29 is 4.79 Å². The van der Waals surface area contributed by atoms with Crippen molar-refractivity contribution in [1.29, 1.82) is 0 Å². The van der Waals surface area contributed by atoms with E-state index in [0.717, 1.165) is 31.5 Å². The van der Waals surface area contributed by atoms with Crippen LogP contribution in [-0.4, -0.2) is 39.2 Å². The van der Waals surface area contributed by atoms with Crippen LogP contribution < -0.4 is 0 Å². The highest BCUT2D eigenvalue weighted by Gasteiger charge is 2.29. The molecular weight excluding hydrogens is 264 g/mol. The van der Waals surface area contributed by atoms with Crippen LogP contribution >= 0.6 is 0 Å². The van der Waals surface area contributed by atoms with E-state index >= 15 is 0 Å². The highest BCUT2D eigenvalue weighted by atomic mass is 16.2. The number of rotatable bonds is 4. The molecule has 1 aliphatic carbocycles. The minimum absolute atomic E-state index is 0.0856. The second kappa shape index (κ2) is 6.08. The predicted molar refractivity (Wildman–Crippen MR) is 79.8 cm³/mol. The van der Waals surface area contributed by atoms with Gasteiger partial charge in [0.05, 0.1) is 18.2 Å². The topological polar surface area (TPSA) is 51.0 Å². The van der Waals surface area contributed by atoms with Gasteiger partial charge in [0.1, 0.15) is 0 Å². The maximum Gasteiger partial charge on any atom is 0.231 e. The monoisotopic (exact) mass is 284 g/mol. The smallest absolute Gasteiger partial charge is 0.231 e. The Bertz CT molecular complexity index is 608. The van der Waals surface area contributed by atoms with E-state index < -0.39 is 0 Å². The highest BCUT2D eigenvalue weighted by molar-refractivity contribution is 5.83. The molecule has 0 radical (unpaired) electrons. The summed E-state index contributed by atoms with van der Waals surface area (Å²) in [6.07, 6.45) is 8.44. The number of carbonyl (C=O) groups excluding carboxylic acids is 1. The van der Waals surface area contributed by atoms with Crippen molar-refractivity contribution in [2.45, 2.75) is 31.7 Å². The van der Waals surface area contributed by atoms with E-state index in [2.05, 4.69) is 16.1 Å². The van der Waals surface area contributed by atoms with E-state index in [1.165, 1.54) is 5.56 Å². The summed E-state index contributed by atoms with van der Waals surface area (Å²) in [5.41, 5.74) is 2.20. The highest BCUT2D eigenvalue weighted by Crippen LogP contribution is 2.30. The van der Waals surface area contributed by atoms with Crippen molar-refractivity contribution >= 4 is 5.91 Å². The van der Waals surface area contributed by atoms with Gasteiger partial charge < -0.3 is 4.90 Å². The second-order valence-corrected chi connectivity index (χ2v) is 5.52. The molecule has 3 rings (SSSR count). The number of likely N-dealkylation sites (N-methyl/N-ethyl adjacent to an activating group) is 1. The molecule has 0 aliphatic heterocycles. The first-order valence-electron chi connectivity index (χ1n) is 7.42. The van der Waals surface area contributed by atoms with Crippen LogP contribution in [0.4, 0.5) is 0 Å². The molecule has 5 heteroatoms. The van der Waals surface area contributed by atoms with Crippen LogP contribution in [0, 0.1) is 0 Å². The van der Waals surface area contributed by atoms with Crippen molar-refractivity contribution in [3.05, 3.63) is 48.0 Å². The first-order valence-corrected chi connectivity index (χ1v) is 7.42. The lowest BCUT2D eigenvalue weighted by atomic mass is 9.86. The Balaban J connectivity index is 1.67. The van der Waals surface area contributed by atoms with Gasteiger partial charge in [-0.25, -0.2) is 0 Å². The Labute approximate surface area is 124 Å². The molecule has 2 heterocycles. The molecule has 0 bridgehead atoms. The predicted octanol–water partition coefficient (Wildman–Crippen LogP) is 1.86. The number of pyridine rings is 1. The summed E-state index contributed by atoms with van der Waals surface area (Å²) in [5, 5.41) is 4.16. The molecule has 1 atom stereocenters. The molecule has 0 aromatic carbocycles. The van der Waals surface area contributed by atoms with Crippen LogP contribution in [0.5, 0.6) is 0 Å². The van der Waals surface area contributed by atoms with Crippen molar-refractivity contribution in [3.8, 4) is 0 Å². The largest absolute Gasteiger partial charge is 0.343 e. The molecular formula is C16H20N4O. The minimum Gasteiger partial charge on any atom is -0.343 e. The van der Waals surface area contributed by atoms with E-state index in [-0.39, 0.29) is 11.8 Å². The lowest BCUT2D eigenvalue weighted by Gasteiger charge is -2.27. The first kappa shape index (κ1) is 13.8. The Kier molecular flexibility index (Phi) is 3.99. The summed E-state index contributed by atoms with van der Waals surface area (Å²) in [6.45, 7) is 1.39. The summed E-state index contributed by atoms with van der Waals surface area (Å²) >= 11 is 0. The Hall–Kier alpha value is -2.17. The molecule has 2 aromatic heterocycles. The number of aryl methyl sites for hydroxylation is 1. The fourth-order valence-corrected chi connectivity index (χ4v) is 2.91. The van der Waals surface area contributed by atoms with Gasteiger partial charge in [-0.15, -0.1) is 0 Å². The summed E-state index contributed by atoms with van der Waals surface area (Å²) in [6, 6.07) is 5.93. The number of hydrogen-bond donors (Lipinski definition) is 0.